The number of hydrogen-bond acceptors (Lipinski definition) is 4. The maximum absolute atomic E-state index is 12.0. The maximum Gasteiger partial charge on any atom is 0.262 e. The van der Waals surface area contributed by atoms with Crippen molar-refractivity contribution >= 4 is 11.6 Å². The molecule has 0 fully saturated rings. The first-order chi connectivity index (χ1) is 10.7. The Hall–Kier alpha value is -2.53. The molecule has 0 aliphatic carbocycles. The molecule has 3 N–H and O–H groups in total. The molecule has 5 nitrogen and oxygen atoms in total. The molecule has 0 saturated carbocycles. The molecule has 2 aromatic rings. The second-order valence-electron chi connectivity index (χ2n) is 4.58. The summed E-state index contributed by atoms with van der Waals surface area (Å²) in [6.07, 6.45) is 0. The van der Waals surface area contributed by atoms with E-state index in [1.165, 1.54) is 0 Å². The topological polar surface area (TPSA) is 73.6 Å². The lowest BCUT2D eigenvalue weighted by atomic mass is 10.2. The van der Waals surface area contributed by atoms with Crippen LogP contribution in [0.25, 0.3) is 0 Å². The molecule has 0 aliphatic rings. The Labute approximate surface area is 130 Å². The van der Waals surface area contributed by atoms with Gasteiger partial charge in [0.1, 0.15) is 11.5 Å². The van der Waals surface area contributed by atoms with Crippen LogP contribution in [-0.4, -0.2) is 19.1 Å². The van der Waals surface area contributed by atoms with Gasteiger partial charge in [-0.1, -0.05) is 30.3 Å². The summed E-state index contributed by atoms with van der Waals surface area (Å²) in [6.45, 7) is 2.71. The second kappa shape index (κ2) is 8.05. The quantitative estimate of drug-likeness (QED) is 0.824. The minimum absolute atomic E-state index is 0.0858. The van der Waals surface area contributed by atoms with Crippen molar-refractivity contribution in [3.63, 3.8) is 0 Å². The summed E-state index contributed by atoms with van der Waals surface area (Å²) in [5, 5.41) is 2.78. The molecule has 116 valence electrons. The van der Waals surface area contributed by atoms with Crippen molar-refractivity contribution in [2.24, 2.45) is 5.73 Å². The van der Waals surface area contributed by atoms with Crippen LogP contribution in [0.4, 0.5) is 5.69 Å². The van der Waals surface area contributed by atoms with Crippen molar-refractivity contribution in [2.45, 2.75) is 13.5 Å². The van der Waals surface area contributed by atoms with Crippen LogP contribution in [-0.2, 0) is 11.3 Å². The molecule has 0 saturated heterocycles. The lowest BCUT2D eigenvalue weighted by Gasteiger charge is -2.13. The van der Waals surface area contributed by atoms with Crippen LogP contribution in [0.3, 0.4) is 0 Å². The molecule has 1 amide bonds. The van der Waals surface area contributed by atoms with E-state index in [1.54, 1.807) is 12.1 Å². The van der Waals surface area contributed by atoms with Crippen molar-refractivity contribution < 1.29 is 14.3 Å². The Morgan fingerprint density at radius 3 is 2.45 bits per heavy atom. The summed E-state index contributed by atoms with van der Waals surface area (Å²) in [4.78, 5) is 12.0. The zero-order valence-corrected chi connectivity index (χ0v) is 12.5. The van der Waals surface area contributed by atoms with Gasteiger partial charge in [0.25, 0.3) is 5.91 Å². The highest BCUT2D eigenvalue weighted by atomic mass is 16.5. The summed E-state index contributed by atoms with van der Waals surface area (Å²) in [7, 11) is 0. The van der Waals surface area contributed by atoms with Gasteiger partial charge in [0, 0.05) is 12.1 Å². The van der Waals surface area contributed by atoms with E-state index < -0.39 is 0 Å². The average Bonchev–Trinajstić information content (AvgIpc) is 2.55. The molecule has 0 radical (unpaired) electrons. The summed E-state index contributed by atoms with van der Waals surface area (Å²) in [5.74, 6) is 1.01. The van der Waals surface area contributed by atoms with Gasteiger partial charge in [-0.2, -0.15) is 0 Å². The number of rotatable bonds is 7. The fourth-order valence-corrected chi connectivity index (χ4v) is 1.99. The number of nitrogens with one attached hydrogen (secondary N) is 1. The van der Waals surface area contributed by atoms with E-state index in [4.69, 9.17) is 15.2 Å². The molecule has 0 unspecified atom stereocenters. The highest BCUT2D eigenvalue weighted by Crippen LogP contribution is 2.23. The number of carbonyl (C=O) groups is 1. The normalized spacial score (nSPS) is 10.1. The second-order valence-corrected chi connectivity index (χ2v) is 4.58. The van der Waals surface area contributed by atoms with Gasteiger partial charge in [-0.05, 0) is 25.1 Å². The monoisotopic (exact) mass is 300 g/mol. The van der Waals surface area contributed by atoms with E-state index in [0.717, 1.165) is 5.56 Å². The van der Waals surface area contributed by atoms with E-state index in [9.17, 15) is 4.79 Å². The molecular weight excluding hydrogens is 280 g/mol. The fourth-order valence-electron chi connectivity index (χ4n) is 1.99. The van der Waals surface area contributed by atoms with Crippen molar-refractivity contribution in [1.29, 1.82) is 0 Å². The van der Waals surface area contributed by atoms with E-state index in [-0.39, 0.29) is 12.5 Å². The summed E-state index contributed by atoms with van der Waals surface area (Å²) >= 11 is 0. The predicted octanol–water partition coefficient (Wildman–Crippen LogP) is 2.56. The Morgan fingerprint density at radius 1 is 1.05 bits per heavy atom. The first-order valence-electron chi connectivity index (χ1n) is 7.17. The Balaban J connectivity index is 1.96. The van der Waals surface area contributed by atoms with Crippen LogP contribution in [0, 0.1) is 0 Å². The van der Waals surface area contributed by atoms with E-state index in [2.05, 4.69) is 5.32 Å². The molecule has 0 spiro atoms. The van der Waals surface area contributed by atoms with Crippen LogP contribution in [0.5, 0.6) is 11.5 Å². The van der Waals surface area contributed by atoms with Gasteiger partial charge in [0.2, 0.25) is 0 Å². The molecule has 2 aromatic carbocycles. The number of ether oxygens (including phenoxy) is 2. The van der Waals surface area contributed by atoms with Gasteiger partial charge in [-0.25, -0.2) is 0 Å². The van der Waals surface area contributed by atoms with Crippen LogP contribution < -0.4 is 20.5 Å². The first kappa shape index (κ1) is 15.9. The number of para-hydroxylation sites is 3. The summed E-state index contributed by atoms with van der Waals surface area (Å²) in [6, 6.07) is 14.7. The molecule has 0 atom stereocenters. The van der Waals surface area contributed by atoms with Gasteiger partial charge in [-0.15, -0.1) is 0 Å². The summed E-state index contributed by atoms with van der Waals surface area (Å²) < 4.78 is 11.0. The lowest BCUT2D eigenvalue weighted by molar-refractivity contribution is -0.118. The Bertz CT molecular complexity index is 629. The van der Waals surface area contributed by atoms with Crippen molar-refractivity contribution in [2.75, 3.05) is 18.5 Å². The number of benzene rings is 2. The molecule has 0 aromatic heterocycles. The first-order valence-corrected chi connectivity index (χ1v) is 7.17. The Kier molecular flexibility index (Phi) is 5.80. The SMILES string of the molecule is CCOc1ccccc1NC(=O)COc1ccccc1CN. The third-order valence-corrected chi connectivity index (χ3v) is 3.01. The Morgan fingerprint density at radius 2 is 1.73 bits per heavy atom. The lowest BCUT2D eigenvalue weighted by Crippen LogP contribution is -2.21. The smallest absolute Gasteiger partial charge is 0.262 e. The van der Waals surface area contributed by atoms with Gasteiger partial charge in [-0.3, -0.25) is 4.79 Å². The van der Waals surface area contributed by atoms with E-state index in [1.807, 2.05) is 43.3 Å². The zero-order chi connectivity index (χ0) is 15.8. The van der Waals surface area contributed by atoms with Gasteiger partial charge in [0.05, 0.1) is 12.3 Å². The molecule has 0 heterocycles. The van der Waals surface area contributed by atoms with Crippen LogP contribution in [0.15, 0.2) is 48.5 Å². The van der Waals surface area contributed by atoms with Gasteiger partial charge < -0.3 is 20.5 Å². The molecular formula is C17H20N2O3. The maximum atomic E-state index is 12.0. The number of hydrogen-bond donors (Lipinski definition) is 2. The molecule has 0 bridgehead atoms. The number of nitrogens with two attached hydrogens (primary N) is 1. The van der Waals surface area contributed by atoms with Crippen molar-refractivity contribution in [1.82, 2.24) is 0 Å². The third kappa shape index (κ3) is 4.23. The van der Waals surface area contributed by atoms with Crippen molar-refractivity contribution in [3.05, 3.63) is 54.1 Å². The predicted molar refractivity (Wildman–Crippen MR) is 86.1 cm³/mol. The number of amides is 1. The van der Waals surface area contributed by atoms with Gasteiger partial charge >= 0.3 is 0 Å². The minimum atomic E-state index is -0.251. The average molecular weight is 300 g/mol. The van der Waals surface area contributed by atoms with E-state index >= 15 is 0 Å². The highest BCUT2D eigenvalue weighted by Gasteiger charge is 2.09. The fraction of sp³-hybridized carbons (Fsp3) is 0.235. The highest BCUT2D eigenvalue weighted by molar-refractivity contribution is 5.93. The minimum Gasteiger partial charge on any atom is -0.492 e. The molecule has 0 aliphatic heterocycles. The van der Waals surface area contributed by atoms with Crippen LogP contribution in [0.2, 0.25) is 0 Å². The van der Waals surface area contributed by atoms with Crippen LogP contribution in [0.1, 0.15) is 12.5 Å². The molecule has 2 rings (SSSR count). The standard InChI is InChI=1S/C17H20N2O3/c1-2-21-16-10-6-4-8-14(16)19-17(20)12-22-15-9-5-3-7-13(15)11-18/h3-10H,2,11-12,18H2,1H3,(H,19,20). The van der Waals surface area contributed by atoms with Gasteiger partial charge in [0.15, 0.2) is 6.61 Å². The molecule has 22 heavy (non-hydrogen) atoms. The largest absolute Gasteiger partial charge is 0.492 e. The van der Waals surface area contributed by atoms with E-state index in [0.29, 0.717) is 30.3 Å². The number of anilines is 1. The van der Waals surface area contributed by atoms with Crippen molar-refractivity contribution in [3.8, 4) is 11.5 Å². The zero-order valence-electron chi connectivity index (χ0n) is 12.5. The third-order valence-electron chi connectivity index (χ3n) is 3.01. The number of carbonyl (C=O) groups excluding carboxylic acids is 1. The van der Waals surface area contributed by atoms with Crippen LogP contribution >= 0.6 is 0 Å². The summed E-state index contributed by atoms with van der Waals surface area (Å²) in [5.41, 5.74) is 7.13. The molecule has 5 heteroatoms.